The van der Waals surface area contributed by atoms with Crippen molar-refractivity contribution >= 4 is 27.3 Å². The highest BCUT2D eigenvalue weighted by Crippen LogP contribution is 2.38. The molecule has 0 bridgehead atoms. The summed E-state index contributed by atoms with van der Waals surface area (Å²) in [7, 11) is -3.73. The van der Waals surface area contributed by atoms with Crippen molar-refractivity contribution in [2.45, 2.75) is 49.5 Å². The minimum Gasteiger partial charge on any atom is -0.366 e. The van der Waals surface area contributed by atoms with E-state index in [2.05, 4.69) is 30.5 Å². The number of aryl methyl sites for hydroxylation is 1. The van der Waals surface area contributed by atoms with Gasteiger partial charge in [0, 0.05) is 24.9 Å². The monoisotopic (exact) mass is 501 g/mol. The van der Waals surface area contributed by atoms with Gasteiger partial charge in [-0.3, -0.25) is 4.40 Å². The van der Waals surface area contributed by atoms with Crippen molar-refractivity contribution in [3.63, 3.8) is 0 Å². The highest BCUT2D eigenvalue weighted by molar-refractivity contribution is 7.92. The maximum atomic E-state index is 13.4. The molecule has 0 saturated heterocycles. The van der Waals surface area contributed by atoms with Crippen molar-refractivity contribution in [3.8, 4) is 6.07 Å². The van der Waals surface area contributed by atoms with Gasteiger partial charge in [-0.15, -0.1) is 10.2 Å². The Labute approximate surface area is 207 Å². The average Bonchev–Trinajstić information content (AvgIpc) is 3.62. The van der Waals surface area contributed by atoms with Gasteiger partial charge in [0.05, 0.1) is 29.2 Å². The van der Waals surface area contributed by atoms with Crippen LogP contribution in [-0.4, -0.2) is 50.6 Å². The van der Waals surface area contributed by atoms with E-state index in [0.29, 0.717) is 30.2 Å². The maximum Gasteiger partial charge on any atom is 0.265 e. The lowest BCUT2D eigenvalue weighted by Gasteiger charge is -2.19. The minimum atomic E-state index is -3.73. The van der Waals surface area contributed by atoms with Gasteiger partial charge < -0.3 is 5.32 Å². The minimum absolute atomic E-state index is 0.151. The van der Waals surface area contributed by atoms with Crippen LogP contribution in [0, 0.1) is 18.3 Å². The molecule has 6 rings (SSSR count). The van der Waals surface area contributed by atoms with Crippen LogP contribution in [0.25, 0.3) is 5.65 Å². The Kier molecular flexibility index (Phi) is 5.30. The Balaban J connectivity index is 1.28. The lowest BCUT2D eigenvalue weighted by atomic mass is 10.1. The maximum absolute atomic E-state index is 13.4. The second-order valence-electron chi connectivity index (χ2n) is 9.17. The van der Waals surface area contributed by atoms with Crippen molar-refractivity contribution < 1.29 is 8.42 Å². The van der Waals surface area contributed by atoms with Crippen LogP contribution >= 0.6 is 0 Å². The third-order valence-corrected chi connectivity index (χ3v) is 8.66. The predicted octanol–water partition coefficient (Wildman–Crippen LogP) is 2.59. The third kappa shape index (κ3) is 3.72. The van der Waals surface area contributed by atoms with Gasteiger partial charge >= 0.3 is 0 Å². The molecule has 1 saturated carbocycles. The molecule has 3 aromatic heterocycles. The largest absolute Gasteiger partial charge is 0.366 e. The number of rotatable bonds is 5. The van der Waals surface area contributed by atoms with Crippen LogP contribution in [0.5, 0.6) is 0 Å². The van der Waals surface area contributed by atoms with Crippen LogP contribution in [0.15, 0.2) is 47.8 Å². The van der Waals surface area contributed by atoms with Crippen LogP contribution < -0.4 is 9.62 Å². The Bertz CT molecular complexity index is 1590. The Morgan fingerprint density at radius 1 is 1.06 bits per heavy atom. The zero-order valence-electron chi connectivity index (χ0n) is 19.5. The van der Waals surface area contributed by atoms with Crippen LogP contribution in [0.1, 0.15) is 48.0 Å². The van der Waals surface area contributed by atoms with Crippen molar-refractivity contribution in [3.05, 3.63) is 65.6 Å². The molecular formula is C24H23N9O2S. The smallest absolute Gasteiger partial charge is 0.265 e. The molecule has 4 heterocycles. The first kappa shape index (κ1) is 22.4. The van der Waals surface area contributed by atoms with Crippen molar-refractivity contribution in [1.29, 1.82) is 5.26 Å². The fourth-order valence-electron chi connectivity index (χ4n) is 5.06. The second-order valence-corrected chi connectivity index (χ2v) is 11.0. The molecule has 36 heavy (non-hydrogen) atoms. The van der Waals surface area contributed by atoms with E-state index >= 15 is 0 Å². The Hall–Kier alpha value is -4.11. The Morgan fingerprint density at radius 3 is 2.64 bits per heavy atom. The number of benzene rings is 1. The van der Waals surface area contributed by atoms with Crippen molar-refractivity contribution in [2.24, 2.45) is 0 Å². The molecule has 0 radical (unpaired) electrons. The van der Waals surface area contributed by atoms with Crippen molar-refractivity contribution in [2.75, 3.05) is 16.2 Å². The molecular weight excluding hydrogens is 478 g/mol. The molecule has 2 atom stereocenters. The molecule has 12 heteroatoms. The van der Waals surface area contributed by atoms with Gasteiger partial charge in [-0.1, -0.05) is 17.7 Å². The van der Waals surface area contributed by atoms with E-state index in [1.807, 2.05) is 17.4 Å². The van der Waals surface area contributed by atoms with E-state index in [-0.39, 0.29) is 22.5 Å². The quantitative estimate of drug-likeness (QED) is 0.436. The predicted molar refractivity (Wildman–Crippen MR) is 131 cm³/mol. The second kappa shape index (κ2) is 8.53. The summed E-state index contributed by atoms with van der Waals surface area (Å²) in [6, 6.07) is 9.01. The molecule has 1 aromatic carbocycles. The third-order valence-electron chi connectivity index (χ3n) is 6.86. The highest BCUT2D eigenvalue weighted by Gasteiger charge is 2.36. The van der Waals surface area contributed by atoms with Crippen molar-refractivity contribution in [1.82, 2.24) is 29.5 Å². The van der Waals surface area contributed by atoms with Gasteiger partial charge in [0.15, 0.2) is 17.2 Å². The lowest BCUT2D eigenvalue weighted by molar-refractivity contribution is 0.592. The molecule has 0 spiro atoms. The van der Waals surface area contributed by atoms with Crippen LogP contribution in [0.2, 0.25) is 0 Å². The molecule has 1 fully saturated rings. The SMILES string of the molecule is Cc1ccc(S(=O)(=O)N2CCc3c2ncc2nnc([C@@H]4CC[C@H](Nc5cnc(C#N)cn5)C4)n32)cc1. The van der Waals surface area contributed by atoms with E-state index in [1.165, 1.54) is 10.5 Å². The molecule has 2 aliphatic rings. The first-order valence-corrected chi connectivity index (χ1v) is 13.2. The lowest BCUT2D eigenvalue weighted by Crippen LogP contribution is -2.29. The van der Waals surface area contributed by atoms with E-state index in [4.69, 9.17) is 5.26 Å². The number of nitrogens with one attached hydrogen (secondary N) is 1. The molecule has 1 aliphatic carbocycles. The summed E-state index contributed by atoms with van der Waals surface area (Å²) in [4.78, 5) is 13.1. The van der Waals surface area contributed by atoms with Gasteiger partial charge in [0.25, 0.3) is 10.0 Å². The van der Waals surface area contributed by atoms with Gasteiger partial charge in [-0.25, -0.2) is 27.7 Å². The summed E-state index contributed by atoms with van der Waals surface area (Å²) in [5.41, 5.74) is 2.71. The number of fused-ring (bicyclic) bond motifs is 3. The number of nitriles is 1. The van der Waals surface area contributed by atoms with Gasteiger partial charge in [0.1, 0.15) is 17.7 Å². The van der Waals surface area contributed by atoms with E-state index < -0.39 is 10.0 Å². The fourth-order valence-corrected chi connectivity index (χ4v) is 6.51. The zero-order chi connectivity index (χ0) is 24.9. The molecule has 1 aliphatic heterocycles. The van der Waals surface area contributed by atoms with E-state index in [0.717, 1.165) is 36.3 Å². The number of sulfonamides is 1. The summed E-state index contributed by atoms with van der Waals surface area (Å²) in [5.74, 6) is 2.05. The van der Waals surface area contributed by atoms with Gasteiger partial charge in [-0.05, 0) is 38.3 Å². The summed E-state index contributed by atoms with van der Waals surface area (Å²) >= 11 is 0. The number of hydrogen-bond acceptors (Lipinski definition) is 9. The number of nitrogens with zero attached hydrogens (tertiary/aromatic N) is 8. The van der Waals surface area contributed by atoms with Crippen LogP contribution in [0.4, 0.5) is 11.6 Å². The summed E-state index contributed by atoms with van der Waals surface area (Å²) in [6.07, 6.45) is 7.80. The molecule has 11 nitrogen and oxygen atoms in total. The summed E-state index contributed by atoms with van der Waals surface area (Å²) in [6.45, 7) is 2.25. The summed E-state index contributed by atoms with van der Waals surface area (Å²) in [5, 5.41) is 21.1. The number of anilines is 2. The first-order valence-electron chi connectivity index (χ1n) is 11.7. The number of hydrogen-bond donors (Lipinski definition) is 1. The highest BCUT2D eigenvalue weighted by atomic mass is 32.2. The zero-order valence-corrected chi connectivity index (χ0v) is 20.4. The normalized spacial score (nSPS) is 19.4. The molecule has 0 unspecified atom stereocenters. The average molecular weight is 502 g/mol. The number of aromatic nitrogens is 6. The summed E-state index contributed by atoms with van der Waals surface area (Å²) < 4.78 is 30.2. The van der Waals surface area contributed by atoms with Gasteiger partial charge in [0.2, 0.25) is 0 Å². The molecule has 4 aromatic rings. The standard InChI is InChI=1S/C24H23N9O2S/c1-15-2-6-19(7-3-15)36(34,35)32-9-8-20-24(32)28-14-22-30-31-23(33(20)22)16-4-5-17(10-16)29-21-13-26-18(11-25)12-27-21/h2-3,6-7,12-14,16-17H,4-5,8-10H2,1H3,(H,27,29)/t16-,17+/m1/s1. The van der Waals surface area contributed by atoms with E-state index in [1.54, 1.807) is 36.7 Å². The molecule has 0 amide bonds. The fraction of sp³-hybridized carbons (Fsp3) is 0.333. The van der Waals surface area contributed by atoms with Gasteiger partial charge in [-0.2, -0.15) is 5.26 Å². The molecule has 1 N–H and O–H groups in total. The molecule has 182 valence electrons. The first-order chi connectivity index (χ1) is 17.4. The van der Waals surface area contributed by atoms with Crippen LogP contribution in [0.3, 0.4) is 0 Å². The Morgan fingerprint density at radius 2 is 1.89 bits per heavy atom. The topological polar surface area (TPSA) is 142 Å². The van der Waals surface area contributed by atoms with Crippen LogP contribution in [-0.2, 0) is 16.4 Å². The van der Waals surface area contributed by atoms with E-state index in [9.17, 15) is 8.42 Å².